The van der Waals surface area contributed by atoms with Crippen molar-refractivity contribution in [2.24, 2.45) is 7.05 Å². The minimum atomic E-state index is 0.104. The number of hydrogen-bond acceptors (Lipinski definition) is 2. The van der Waals surface area contributed by atoms with Crippen molar-refractivity contribution in [2.75, 3.05) is 6.54 Å². The van der Waals surface area contributed by atoms with Gasteiger partial charge in [0.2, 0.25) is 5.91 Å². The highest BCUT2D eigenvalue weighted by molar-refractivity contribution is 5.77. The molecule has 0 unspecified atom stereocenters. The first-order valence-corrected chi connectivity index (χ1v) is 7.93. The summed E-state index contributed by atoms with van der Waals surface area (Å²) in [5.74, 6) is 0.104. The van der Waals surface area contributed by atoms with Gasteiger partial charge in [-0.25, -0.2) is 4.98 Å². The molecule has 3 aromatic rings. The molecule has 0 aliphatic rings. The molecule has 0 bridgehead atoms. The Labute approximate surface area is 136 Å². The van der Waals surface area contributed by atoms with Crippen molar-refractivity contribution in [3.8, 4) is 0 Å². The van der Waals surface area contributed by atoms with Gasteiger partial charge in [0.05, 0.1) is 17.4 Å². The monoisotopic (exact) mass is 307 g/mol. The molecule has 0 saturated heterocycles. The van der Waals surface area contributed by atoms with Crippen LogP contribution in [-0.4, -0.2) is 22.0 Å². The first-order valence-electron chi connectivity index (χ1n) is 7.93. The van der Waals surface area contributed by atoms with E-state index in [9.17, 15) is 4.79 Å². The minimum absolute atomic E-state index is 0.104. The zero-order valence-electron chi connectivity index (χ0n) is 13.3. The van der Waals surface area contributed by atoms with Crippen LogP contribution in [0, 0.1) is 0 Å². The van der Waals surface area contributed by atoms with Crippen molar-refractivity contribution in [3.63, 3.8) is 0 Å². The highest BCUT2D eigenvalue weighted by atomic mass is 16.1. The number of aryl methyl sites for hydroxylation is 2. The highest BCUT2D eigenvalue weighted by Crippen LogP contribution is 2.14. The molecule has 1 amide bonds. The molecule has 1 aromatic heterocycles. The van der Waals surface area contributed by atoms with Gasteiger partial charge in [-0.1, -0.05) is 36.4 Å². The Bertz CT molecular complexity index is 793. The number of aromatic nitrogens is 2. The maximum Gasteiger partial charge on any atom is 0.220 e. The lowest BCUT2D eigenvalue weighted by atomic mass is 10.1. The van der Waals surface area contributed by atoms with Gasteiger partial charge in [0, 0.05) is 20.0 Å². The van der Waals surface area contributed by atoms with E-state index in [0.717, 1.165) is 23.9 Å². The quantitative estimate of drug-likeness (QED) is 0.761. The van der Waals surface area contributed by atoms with E-state index in [1.807, 2.05) is 36.1 Å². The lowest BCUT2D eigenvalue weighted by Crippen LogP contribution is -2.25. The molecular formula is C19H21N3O. The number of hydrogen-bond donors (Lipinski definition) is 1. The Hall–Kier alpha value is -2.62. The number of carbonyl (C=O) groups excluding carboxylic acids is 1. The normalized spacial score (nSPS) is 10.8. The van der Waals surface area contributed by atoms with Crippen LogP contribution in [0.3, 0.4) is 0 Å². The molecule has 0 aliphatic heterocycles. The third kappa shape index (κ3) is 3.97. The summed E-state index contributed by atoms with van der Waals surface area (Å²) in [6.07, 6.45) is 3.96. The lowest BCUT2D eigenvalue weighted by molar-refractivity contribution is -0.121. The molecular weight excluding hydrogens is 286 g/mol. The van der Waals surface area contributed by atoms with Crippen molar-refractivity contribution in [3.05, 3.63) is 66.0 Å². The predicted molar refractivity (Wildman–Crippen MR) is 92.2 cm³/mol. The molecule has 3 rings (SSSR count). The average Bonchev–Trinajstić information content (AvgIpc) is 2.95. The van der Waals surface area contributed by atoms with Crippen LogP contribution >= 0.6 is 0 Å². The Morgan fingerprint density at radius 3 is 2.74 bits per heavy atom. The van der Waals surface area contributed by atoms with Crippen LogP contribution in [0.5, 0.6) is 0 Å². The number of amides is 1. The Morgan fingerprint density at radius 1 is 1.09 bits per heavy atom. The van der Waals surface area contributed by atoms with Crippen molar-refractivity contribution < 1.29 is 4.79 Å². The molecule has 0 aliphatic carbocycles. The van der Waals surface area contributed by atoms with Crippen molar-refractivity contribution in [1.29, 1.82) is 0 Å². The number of nitrogens with one attached hydrogen (secondary N) is 1. The molecule has 0 fully saturated rings. The van der Waals surface area contributed by atoms with E-state index >= 15 is 0 Å². The second-order valence-corrected chi connectivity index (χ2v) is 5.76. The Balaban J connectivity index is 1.45. The largest absolute Gasteiger partial charge is 0.356 e. The van der Waals surface area contributed by atoms with Crippen molar-refractivity contribution >= 4 is 16.9 Å². The number of imidazole rings is 1. The van der Waals surface area contributed by atoms with Gasteiger partial charge >= 0.3 is 0 Å². The molecule has 0 spiro atoms. The van der Waals surface area contributed by atoms with E-state index in [0.29, 0.717) is 13.0 Å². The van der Waals surface area contributed by atoms with Gasteiger partial charge in [0.1, 0.15) is 0 Å². The van der Waals surface area contributed by atoms with Crippen molar-refractivity contribution in [2.45, 2.75) is 19.3 Å². The summed E-state index contributed by atoms with van der Waals surface area (Å²) in [6.45, 7) is 0.659. The maximum atomic E-state index is 11.9. The average molecular weight is 307 g/mol. The molecule has 4 nitrogen and oxygen atoms in total. The molecule has 23 heavy (non-hydrogen) atoms. The molecule has 4 heteroatoms. The van der Waals surface area contributed by atoms with Crippen LogP contribution in [0.15, 0.2) is 54.9 Å². The van der Waals surface area contributed by atoms with Crippen LogP contribution in [0.1, 0.15) is 17.5 Å². The summed E-state index contributed by atoms with van der Waals surface area (Å²) in [6, 6.07) is 16.4. The van der Waals surface area contributed by atoms with Crippen LogP contribution in [0.25, 0.3) is 11.0 Å². The number of carbonyl (C=O) groups is 1. The topological polar surface area (TPSA) is 46.9 Å². The van der Waals surface area contributed by atoms with E-state index in [4.69, 9.17) is 0 Å². The van der Waals surface area contributed by atoms with Gasteiger partial charge in [-0.3, -0.25) is 4.79 Å². The minimum Gasteiger partial charge on any atom is -0.356 e. The van der Waals surface area contributed by atoms with Crippen LogP contribution < -0.4 is 5.32 Å². The Kier molecular flexibility index (Phi) is 4.71. The molecule has 1 heterocycles. The molecule has 0 radical (unpaired) electrons. The zero-order valence-corrected chi connectivity index (χ0v) is 13.3. The van der Waals surface area contributed by atoms with Crippen LogP contribution in [0.2, 0.25) is 0 Å². The van der Waals surface area contributed by atoms with Gasteiger partial charge in [0.15, 0.2) is 0 Å². The standard InChI is InChI=1S/C19H21N3O/c1-22-14-21-17-13-16(7-9-18(17)22)11-12-20-19(23)10-8-15-5-3-2-4-6-15/h2-7,9,13-14H,8,10-12H2,1H3,(H,20,23). The van der Waals surface area contributed by atoms with E-state index in [-0.39, 0.29) is 5.91 Å². The van der Waals surface area contributed by atoms with E-state index in [1.165, 1.54) is 11.1 Å². The summed E-state index contributed by atoms with van der Waals surface area (Å²) in [5, 5.41) is 2.99. The van der Waals surface area contributed by atoms with Gasteiger partial charge in [-0.2, -0.15) is 0 Å². The third-order valence-corrected chi connectivity index (χ3v) is 4.01. The Morgan fingerprint density at radius 2 is 1.91 bits per heavy atom. The van der Waals surface area contributed by atoms with Gasteiger partial charge in [-0.05, 0) is 36.1 Å². The van der Waals surface area contributed by atoms with E-state index < -0.39 is 0 Å². The summed E-state index contributed by atoms with van der Waals surface area (Å²) in [4.78, 5) is 16.3. The van der Waals surface area contributed by atoms with E-state index in [2.05, 4.69) is 40.6 Å². The van der Waals surface area contributed by atoms with Gasteiger partial charge in [0.25, 0.3) is 0 Å². The molecule has 0 atom stereocenters. The lowest BCUT2D eigenvalue weighted by Gasteiger charge is -2.06. The molecule has 1 N–H and O–H groups in total. The SMILES string of the molecule is Cn1cnc2cc(CCNC(=O)CCc3ccccc3)ccc21. The molecule has 2 aromatic carbocycles. The first-order chi connectivity index (χ1) is 11.2. The first kappa shape index (κ1) is 15.3. The number of rotatable bonds is 6. The van der Waals surface area contributed by atoms with Crippen molar-refractivity contribution in [1.82, 2.24) is 14.9 Å². The summed E-state index contributed by atoms with van der Waals surface area (Å²) >= 11 is 0. The molecule has 118 valence electrons. The third-order valence-electron chi connectivity index (χ3n) is 4.01. The number of fused-ring (bicyclic) bond motifs is 1. The fourth-order valence-corrected chi connectivity index (χ4v) is 2.67. The second kappa shape index (κ2) is 7.09. The van der Waals surface area contributed by atoms with Crippen LogP contribution in [-0.2, 0) is 24.7 Å². The second-order valence-electron chi connectivity index (χ2n) is 5.76. The highest BCUT2D eigenvalue weighted by Gasteiger charge is 2.04. The van der Waals surface area contributed by atoms with E-state index in [1.54, 1.807) is 0 Å². The predicted octanol–water partition coefficient (Wildman–Crippen LogP) is 2.86. The van der Waals surface area contributed by atoms with Gasteiger partial charge in [-0.15, -0.1) is 0 Å². The summed E-state index contributed by atoms with van der Waals surface area (Å²) < 4.78 is 2.00. The maximum absolute atomic E-state index is 11.9. The van der Waals surface area contributed by atoms with Crippen LogP contribution in [0.4, 0.5) is 0 Å². The van der Waals surface area contributed by atoms with Gasteiger partial charge < -0.3 is 9.88 Å². The summed E-state index contributed by atoms with van der Waals surface area (Å²) in [5.41, 5.74) is 4.52. The fourth-order valence-electron chi connectivity index (χ4n) is 2.67. The molecule has 0 saturated carbocycles. The smallest absolute Gasteiger partial charge is 0.220 e. The fraction of sp³-hybridized carbons (Fsp3) is 0.263. The zero-order chi connectivity index (χ0) is 16.1. The number of benzene rings is 2. The number of nitrogens with zero attached hydrogens (tertiary/aromatic N) is 2. The summed E-state index contributed by atoms with van der Waals surface area (Å²) in [7, 11) is 1.99.